The van der Waals surface area contributed by atoms with Gasteiger partial charge in [-0.1, -0.05) is 12.1 Å². The third kappa shape index (κ3) is 4.83. The van der Waals surface area contributed by atoms with Gasteiger partial charge < -0.3 is 10.1 Å². The molecule has 0 aliphatic heterocycles. The molecule has 0 radical (unpaired) electrons. The number of carbonyl (C=O) groups excluding carboxylic acids is 1. The number of thioether (sulfide) groups is 1. The predicted molar refractivity (Wildman–Crippen MR) is 88.1 cm³/mol. The van der Waals surface area contributed by atoms with Crippen molar-refractivity contribution in [2.45, 2.75) is 11.3 Å². The molecule has 0 aromatic heterocycles. The summed E-state index contributed by atoms with van der Waals surface area (Å²) in [5.41, 5.74) is 1.68. The number of nitrogens with one attached hydrogen (secondary N) is 1. The monoisotopic (exact) mass is 312 g/mol. The van der Waals surface area contributed by atoms with E-state index in [0.29, 0.717) is 12.2 Å². The van der Waals surface area contributed by atoms with Gasteiger partial charge >= 0.3 is 0 Å². The highest BCUT2D eigenvalue weighted by Crippen LogP contribution is 2.21. The Balaban J connectivity index is 1.83. The number of methoxy groups -OCH3 is 1. The van der Waals surface area contributed by atoms with Crippen LogP contribution in [0.25, 0.3) is 0 Å². The average Bonchev–Trinajstić information content (AvgIpc) is 2.55. The number of rotatable bonds is 6. The minimum atomic E-state index is -0.0612. The molecule has 0 saturated carbocycles. The molecule has 112 valence electrons. The Hall–Kier alpha value is -2.45. The Kier molecular flexibility index (Phi) is 5.87. The fourth-order valence-electron chi connectivity index (χ4n) is 1.82. The molecule has 2 rings (SSSR count). The number of carbonyl (C=O) groups is 1. The molecular formula is C17H16N2O2S. The summed E-state index contributed by atoms with van der Waals surface area (Å²) >= 11 is 1.47. The zero-order valence-corrected chi connectivity index (χ0v) is 13.0. The third-order valence-electron chi connectivity index (χ3n) is 2.95. The van der Waals surface area contributed by atoms with Crippen LogP contribution >= 0.6 is 11.8 Å². The summed E-state index contributed by atoms with van der Waals surface area (Å²) in [6.45, 7) is 0. The van der Waals surface area contributed by atoms with E-state index < -0.39 is 0 Å². The highest BCUT2D eigenvalue weighted by molar-refractivity contribution is 8.00. The van der Waals surface area contributed by atoms with Crippen molar-refractivity contribution in [3.8, 4) is 11.8 Å². The maximum Gasteiger partial charge on any atom is 0.234 e. The summed E-state index contributed by atoms with van der Waals surface area (Å²) in [7, 11) is 1.62. The molecule has 0 unspecified atom stereocenters. The van der Waals surface area contributed by atoms with Gasteiger partial charge in [0.2, 0.25) is 5.91 Å². The van der Waals surface area contributed by atoms with E-state index >= 15 is 0 Å². The van der Waals surface area contributed by atoms with Crippen LogP contribution in [0.1, 0.15) is 5.56 Å². The quantitative estimate of drug-likeness (QED) is 0.829. The van der Waals surface area contributed by atoms with Crippen LogP contribution in [-0.4, -0.2) is 18.8 Å². The SMILES string of the molecule is COc1ccc(SCC(=O)Nc2ccc(CC#N)cc2)cc1. The summed E-state index contributed by atoms with van der Waals surface area (Å²) in [6, 6.07) is 17.0. The molecule has 0 heterocycles. The summed E-state index contributed by atoms with van der Waals surface area (Å²) in [5.74, 6) is 1.08. The first-order valence-corrected chi connectivity index (χ1v) is 7.72. The van der Waals surface area contributed by atoms with Crippen LogP contribution in [0.2, 0.25) is 0 Å². The topological polar surface area (TPSA) is 62.1 Å². The summed E-state index contributed by atoms with van der Waals surface area (Å²) in [6.07, 6.45) is 0.377. The number of anilines is 1. The molecule has 0 fully saturated rings. The third-order valence-corrected chi connectivity index (χ3v) is 3.96. The van der Waals surface area contributed by atoms with Crippen molar-refractivity contribution < 1.29 is 9.53 Å². The Morgan fingerprint density at radius 2 is 1.86 bits per heavy atom. The van der Waals surface area contributed by atoms with E-state index in [-0.39, 0.29) is 5.91 Å². The second kappa shape index (κ2) is 8.11. The molecule has 22 heavy (non-hydrogen) atoms. The number of hydrogen-bond acceptors (Lipinski definition) is 4. The van der Waals surface area contributed by atoms with Gasteiger partial charge in [-0.15, -0.1) is 11.8 Å². The minimum absolute atomic E-state index is 0.0612. The first-order chi connectivity index (χ1) is 10.7. The lowest BCUT2D eigenvalue weighted by Gasteiger charge is -2.06. The molecule has 0 bridgehead atoms. The van der Waals surface area contributed by atoms with Gasteiger partial charge in [-0.2, -0.15) is 5.26 Å². The van der Waals surface area contributed by atoms with Gasteiger partial charge in [-0.25, -0.2) is 0 Å². The Morgan fingerprint density at radius 1 is 1.18 bits per heavy atom. The lowest BCUT2D eigenvalue weighted by Crippen LogP contribution is -2.13. The van der Waals surface area contributed by atoms with Crippen LogP contribution in [0, 0.1) is 11.3 Å². The molecule has 1 amide bonds. The number of ether oxygens (including phenoxy) is 1. The van der Waals surface area contributed by atoms with E-state index in [1.807, 2.05) is 48.5 Å². The van der Waals surface area contributed by atoms with Crippen molar-refractivity contribution >= 4 is 23.4 Å². The van der Waals surface area contributed by atoms with E-state index in [0.717, 1.165) is 21.9 Å². The Bertz CT molecular complexity index is 661. The van der Waals surface area contributed by atoms with Gasteiger partial charge in [0.05, 0.1) is 25.4 Å². The van der Waals surface area contributed by atoms with Crippen LogP contribution in [0.3, 0.4) is 0 Å². The summed E-state index contributed by atoms with van der Waals surface area (Å²) in [4.78, 5) is 12.9. The van der Waals surface area contributed by atoms with Gasteiger partial charge in [-0.3, -0.25) is 4.79 Å². The normalized spacial score (nSPS) is 9.82. The van der Waals surface area contributed by atoms with E-state index in [2.05, 4.69) is 11.4 Å². The van der Waals surface area contributed by atoms with Crippen molar-refractivity contribution in [2.24, 2.45) is 0 Å². The predicted octanol–water partition coefficient (Wildman–Crippen LogP) is 3.49. The molecule has 2 aromatic carbocycles. The Morgan fingerprint density at radius 3 is 2.45 bits per heavy atom. The first kappa shape index (κ1) is 15.9. The van der Waals surface area contributed by atoms with Crippen LogP contribution in [-0.2, 0) is 11.2 Å². The van der Waals surface area contributed by atoms with Crippen LogP contribution < -0.4 is 10.1 Å². The average molecular weight is 312 g/mol. The van der Waals surface area contributed by atoms with Crippen LogP contribution in [0.5, 0.6) is 5.75 Å². The van der Waals surface area contributed by atoms with Crippen molar-refractivity contribution in [1.29, 1.82) is 5.26 Å². The van der Waals surface area contributed by atoms with Crippen molar-refractivity contribution in [1.82, 2.24) is 0 Å². The number of benzene rings is 2. The van der Waals surface area contributed by atoms with Crippen LogP contribution in [0.15, 0.2) is 53.4 Å². The number of amides is 1. The molecule has 0 saturated heterocycles. The molecular weight excluding hydrogens is 296 g/mol. The van der Waals surface area contributed by atoms with Gasteiger partial charge in [0.1, 0.15) is 5.75 Å². The van der Waals surface area contributed by atoms with Crippen molar-refractivity contribution in [2.75, 3.05) is 18.2 Å². The highest BCUT2D eigenvalue weighted by atomic mass is 32.2. The van der Waals surface area contributed by atoms with Gasteiger partial charge in [0.25, 0.3) is 0 Å². The number of nitriles is 1. The summed E-state index contributed by atoms with van der Waals surface area (Å²) < 4.78 is 5.09. The number of hydrogen-bond donors (Lipinski definition) is 1. The molecule has 1 N–H and O–H groups in total. The zero-order chi connectivity index (χ0) is 15.8. The largest absolute Gasteiger partial charge is 0.497 e. The minimum Gasteiger partial charge on any atom is -0.497 e. The first-order valence-electron chi connectivity index (χ1n) is 6.74. The molecule has 0 aliphatic carbocycles. The van der Waals surface area contributed by atoms with Crippen molar-refractivity contribution in [3.05, 3.63) is 54.1 Å². The smallest absolute Gasteiger partial charge is 0.234 e. The highest BCUT2D eigenvalue weighted by Gasteiger charge is 2.04. The molecule has 4 nitrogen and oxygen atoms in total. The Labute approximate surface area is 134 Å². The van der Waals surface area contributed by atoms with E-state index in [1.54, 1.807) is 7.11 Å². The zero-order valence-electron chi connectivity index (χ0n) is 12.2. The standard InChI is InChI=1S/C17H16N2O2S/c1-21-15-6-8-16(9-7-15)22-12-17(20)19-14-4-2-13(3-5-14)10-11-18/h2-9H,10,12H2,1H3,(H,19,20). The second-order valence-corrected chi connectivity index (χ2v) is 5.59. The van der Waals surface area contributed by atoms with Gasteiger partial charge in [-0.05, 0) is 42.0 Å². The van der Waals surface area contributed by atoms with Crippen LogP contribution in [0.4, 0.5) is 5.69 Å². The van der Waals surface area contributed by atoms with E-state index in [9.17, 15) is 4.79 Å². The van der Waals surface area contributed by atoms with E-state index in [1.165, 1.54) is 11.8 Å². The van der Waals surface area contributed by atoms with Gasteiger partial charge in [0.15, 0.2) is 0 Å². The maximum absolute atomic E-state index is 11.9. The number of nitrogens with zero attached hydrogens (tertiary/aromatic N) is 1. The van der Waals surface area contributed by atoms with Crippen molar-refractivity contribution in [3.63, 3.8) is 0 Å². The molecule has 5 heteroatoms. The molecule has 0 atom stereocenters. The van der Waals surface area contributed by atoms with E-state index in [4.69, 9.17) is 10.00 Å². The molecule has 0 aliphatic rings. The lowest BCUT2D eigenvalue weighted by molar-refractivity contribution is -0.113. The fraction of sp³-hybridized carbons (Fsp3) is 0.176. The maximum atomic E-state index is 11.9. The van der Waals surface area contributed by atoms with Gasteiger partial charge in [0, 0.05) is 10.6 Å². The molecule has 2 aromatic rings. The summed E-state index contributed by atoms with van der Waals surface area (Å²) in [5, 5.41) is 11.5. The fourth-order valence-corrected chi connectivity index (χ4v) is 2.51. The molecule has 0 spiro atoms. The second-order valence-electron chi connectivity index (χ2n) is 4.54. The lowest BCUT2D eigenvalue weighted by atomic mass is 10.1.